The van der Waals surface area contributed by atoms with E-state index in [0.717, 1.165) is 5.56 Å². The lowest BCUT2D eigenvalue weighted by molar-refractivity contribution is 0.0698. The Balaban J connectivity index is 2.31. The lowest BCUT2D eigenvalue weighted by Gasteiger charge is -2.10. The second kappa shape index (κ2) is 5.39. The summed E-state index contributed by atoms with van der Waals surface area (Å²) in [6.45, 7) is 1.91. The number of aromatic nitrogens is 1. The first kappa shape index (κ1) is 12.9. The van der Waals surface area contributed by atoms with Crippen LogP contribution in [0.4, 0.5) is 11.4 Å². The molecule has 0 amide bonds. The fourth-order valence-corrected chi connectivity index (χ4v) is 1.68. The van der Waals surface area contributed by atoms with E-state index >= 15 is 0 Å². The van der Waals surface area contributed by atoms with Crippen LogP contribution >= 0.6 is 0 Å². The van der Waals surface area contributed by atoms with Gasteiger partial charge in [-0.3, -0.25) is 0 Å². The number of carbonyl (C=O) groups is 1. The Morgan fingerprint density at radius 1 is 1.32 bits per heavy atom. The Bertz CT molecular complexity index is 594. The Hall–Kier alpha value is -2.56. The van der Waals surface area contributed by atoms with Gasteiger partial charge >= 0.3 is 5.97 Å². The van der Waals surface area contributed by atoms with Crippen LogP contribution in [0.1, 0.15) is 15.9 Å². The molecular formula is C14H14N2O3. The second-order valence-electron chi connectivity index (χ2n) is 4.07. The second-order valence-corrected chi connectivity index (χ2v) is 4.07. The molecular weight excluding hydrogens is 244 g/mol. The number of anilines is 2. The summed E-state index contributed by atoms with van der Waals surface area (Å²) in [6.07, 6.45) is 1.59. The third kappa shape index (κ3) is 3.01. The quantitative estimate of drug-likeness (QED) is 0.882. The molecule has 1 aromatic carbocycles. The van der Waals surface area contributed by atoms with Crippen LogP contribution in [0.5, 0.6) is 5.88 Å². The molecule has 2 N–H and O–H groups in total. The van der Waals surface area contributed by atoms with Crippen molar-refractivity contribution in [2.45, 2.75) is 6.92 Å². The van der Waals surface area contributed by atoms with Crippen molar-refractivity contribution in [1.29, 1.82) is 0 Å². The van der Waals surface area contributed by atoms with E-state index in [1.807, 2.05) is 6.92 Å². The van der Waals surface area contributed by atoms with Gasteiger partial charge < -0.3 is 15.2 Å². The number of nitrogens with zero attached hydrogens (tertiary/aromatic N) is 1. The van der Waals surface area contributed by atoms with Crippen LogP contribution in [0.25, 0.3) is 0 Å². The van der Waals surface area contributed by atoms with Crippen LogP contribution in [0.15, 0.2) is 36.5 Å². The number of pyridine rings is 1. The van der Waals surface area contributed by atoms with Crippen molar-refractivity contribution in [1.82, 2.24) is 4.98 Å². The predicted octanol–water partition coefficient (Wildman–Crippen LogP) is 2.84. The van der Waals surface area contributed by atoms with Crippen molar-refractivity contribution < 1.29 is 14.6 Å². The smallest absolute Gasteiger partial charge is 0.337 e. The topological polar surface area (TPSA) is 71.5 Å². The molecule has 1 aromatic heterocycles. The van der Waals surface area contributed by atoms with Gasteiger partial charge in [-0.25, -0.2) is 9.78 Å². The first-order valence-electron chi connectivity index (χ1n) is 5.71. The Kier molecular flexibility index (Phi) is 3.66. The van der Waals surface area contributed by atoms with Crippen molar-refractivity contribution in [2.24, 2.45) is 0 Å². The number of aromatic carboxylic acids is 1. The third-order valence-electron chi connectivity index (χ3n) is 2.63. The van der Waals surface area contributed by atoms with E-state index in [9.17, 15) is 4.79 Å². The maximum Gasteiger partial charge on any atom is 0.337 e. The van der Waals surface area contributed by atoms with E-state index in [4.69, 9.17) is 9.84 Å². The minimum absolute atomic E-state index is 0.224. The number of carboxylic acids is 1. The van der Waals surface area contributed by atoms with Gasteiger partial charge in [0.25, 0.3) is 0 Å². The molecule has 0 spiro atoms. The number of ether oxygens (including phenoxy) is 1. The SMILES string of the molecule is COc1ccc(Nc2cc(C)ccc2C(=O)O)cn1. The van der Waals surface area contributed by atoms with E-state index < -0.39 is 5.97 Å². The number of benzene rings is 1. The van der Waals surface area contributed by atoms with Gasteiger partial charge in [-0.2, -0.15) is 0 Å². The molecule has 0 aliphatic heterocycles. The highest BCUT2D eigenvalue weighted by Crippen LogP contribution is 2.23. The van der Waals surface area contributed by atoms with Crippen LogP contribution in [-0.4, -0.2) is 23.2 Å². The predicted molar refractivity (Wildman–Crippen MR) is 72.2 cm³/mol. The number of hydrogen-bond acceptors (Lipinski definition) is 4. The molecule has 2 rings (SSSR count). The van der Waals surface area contributed by atoms with E-state index in [-0.39, 0.29) is 5.56 Å². The van der Waals surface area contributed by atoms with Crippen LogP contribution < -0.4 is 10.1 Å². The third-order valence-corrected chi connectivity index (χ3v) is 2.63. The lowest BCUT2D eigenvalue weighted by Crippen LogP contribution is -2.03. The summed E-state index contributed by atoms with van der Waals surface area (Å²) in [7, 11) is 1.54. The van der Waals surface area contributed by atoms with Gasteiger partial charge in [0.2, 0.25) is 5.88 Å². The molecule has 0 fully saturated rings. The minimum Gasteiger partial charge on any atom is -0.481 e. The van der Waals surface area contributed by atoms with E-state index in [0.29, 0.717) is 17.3 Å². The van der Waals surface area contributed by atoms with Crippen molar-refractivity contribution in [3.63, 3.8) is 0 Å². The minimum atomic E-state index is -0.969. The molecule has 2 aromatic rings. The van der Waals surface area contributed by atoms with Gasteiger partial charge in [-0.05, 0) is 30.7 Å². The first-order valence-corrected chi connectivity index (χ1v) is 5.71. The summed E-state index contributed by atoms with van der Waals surface area (Å²) >= 11 is 0. The summed E-state index contributed by atoms with van der Waals surface area (Å²) < 4.78 is 4.97. The van der Waals surface area contributed by atoms with E-state index in [2.05, 4.69) is 10.3 Å². The summed E-state index contributed by atoms with van der Waals surface area (Å²) in [5.41, 5.74) is 2.45. The molecule has 0 saturated heterocycles. The Morgan fingerprint density at radius 2 is 2.11 bits per heavy atom. The maximum atomic E-state index is 11.1. The molecule has 0 radical (unpaired) electrons. The van der Waals surface area contributed by atoms with Crippen LogP contribution in [0.3, 0.4) is 0 Å². The van der Waals surface area contributed by atoms with Gasteiger partial charge in [0.15, 0.2) is 0 Å². The number of aryl methyl sites for hydroxylation is 1. The molecule has 98 valence electrons. The maximum absolute atomic E-state index is 11.1. The fraction of sp³-hybridized carbons (Fsp3) is 0.143. The van der Waals surface area contributed by atoms with Gasteiger partial charge in [0.05, 0.1) is 30.2 Å². The average Bonchev–Trinajstić information content (AvgIpc) is 2.39. The van der Waals surface area contributed by atoms with Gasteiger partial charge in [0, 0.05) is 6.07 Å². The molecule has 1 heterocycles. The highest BCUT2D eigenvalue weighted by Gasteiger charge is 2.10. The number of carboxylic acid groups (broad SMARTS) is 1. The summed E-state index contributed by atoms with van der Waals surface area (Å²) in [4.78, 5) is 15.2. The first-order chi connectivity index (χ1) is 9.10. The van der Waals surface area contributed by atoms with Crippen molar-refractivity contribution in [3.05, 3.63) is 47.7 Å². The Labute approximate surface area is 110 Å². The van der Waals surface area contributed by atoms with Crippen molar-refractivity contribution in [2.75, 3.05) is 12.4 Å². The highest BCUT2D eigenvalue weighted by molar-refractivity contribution is 5.95. The normalized spacial score (nSPS) is 10.0. The number of hydrogen-bond donors (Lipinski definition) is 2. The molecule has 0 aliphatic carbocycles. The molecule has 0 unspecified atom stereocenters. The molecule has 0 atom stereocenters. The molecule has 19 heavy (non-hydrogen) atoms. The van der Waals surface area contributed by atoms with Crippen molar-refractivity contribution >= 4 is 17.3 Å². The zero-order valence-electron chi connectivity index (χ0n) is 10.7. The molecule has 0 aliphatic rings. The zero-order valence-corrected chi connectivity index (χ0v) is 10.7. The van der Waals surface area contributed by atoms with Gasteiger partial charge in [0.1, 0.15) is 0 Å². The zero-order chi connectivity index (χ0) is 13.8. The van der Waals surface area contributed by atoms with E-state index in [1.54, 1.807) is 43.6 Å². The number of methoxy groups -OCH3 is 1. The fourth-order valence-electron chi connectivity index (χ4n) is 1.68. The van der Waals surface area contributed by atoms with Gasteiger partial charge in [-0.1, -0.05) is 6.07 Å². The van der Waals surface area contributed by atoms with Gasteiger partial charge in [-0.15, -0.1) is 0 Å². The number of nitrogens with one attached hydrogen (secondary N) is 1. The molecule has 0 saturated carbocycles. The molecule has 5 nitrogen and oxygen atoms in total. The Morgan fingerprint density at radius 3 is 2.68 bits per heavy atom. The van der Waals surface area contributed by atoms with Crippen LogP contribution in [-0.2, 0) is 0 Å². The lowest BCUT2D eigenvalue weighted by atomic mass is 10.1. The average molecular weight is 258 g/mol. The van der Waals surface area contributed by atoms with E-state index in [1.165, 1.54) is 0 Å². The van der Waals surface area contributed by atoms with Crippen LogP contribution in [0, 0.1) is 6.92 Å². The number of rotatable bonds is 4. The highest BCUT2D eigenvalue weighted by atomic mass is 16.5. The monoisotopic (exact) mass is 258 g/mol. The summed E-state index contributed by atoms with van der Waals surface area (Å²) in [5, 5.41) is 12.2. The van der Waals surface area contributed by atoms with Crippen LogP contribution in [0.2, 0.25) is 0 Å². The molecule has 5 heteroatoms. The summed E-state index contributed by atoms with van der Waals surface area (Å²) in [6, 6.07) is 8.61. The standard InChI is InChI=1S/C14H14N2O3/c1-9-3-5-11(14(17)18)12(7-9)16-10-4-6-13(19-2)15-8-10/h3-8,16H,1-2H3,(H,17,18). The summed E-state index contributed by atoms with van der Waals surface area (Å²) in [5.74, 6) is -0.461. The molecule has 0 bridgehead atoms. The largest absolute Gasteiger partial charge is 0.481 e. The van der Waals surface area contributed by atoms with Crippen molar-refractivity contribution in [3.8, 4) is 5.88 Å².